The highest BCUT2D eigenvalue weighted by atomic mass is 16.2. The molecule has 166 valence electrons. The third-order valence-electron chi connectivity index (χ3n) is 7.51. The smallest absolute Gasteiger partial charge is 0.253 e. The van der Waals surface area contributed by atoms with E-state index in [0.29, 0.717) is 17.9 Å². The molecule has 1 aromatic heterocycles. The molecule has 1 amide bonds. The standard InChI is InChI=1S/C24H38N4O2/c1-24(2,3)19-9-13-27(14-10-19)23(30)17-26-12-8-18(16-26)20-15-22(29)28-11-6-4-5-7-21(28)25-20/h15,18-19H,4-14,16-17H2,1-3H3/t18-/m1/s1. The summed E-state index contributed by atoms with van der Waals surface area (Å²) in [5.74, 6) is 2.20. The van der Waals surface area contributed by atoms with E-state index in [1.807, 2.05) is 4.57 Å². The molecule has 6 nitrogen and oxygen atoms in total. The van der Waals surface area contributed by atoms with E-state index in [2.05, 4.69) is 30.6 Å². The summed E-state index contributed by atoms with van der Waals surface area (Å²) < 4.78 is 1.87. The van der Waals surface area contributed by atoms with Crippen molar-refractivity contribution in [3.63, 3.8) is 0 Å². The molecular weight excluding hydrogens is 376 g/mol. The van der Waals surface area contributed by atoms with Crippen molar-refractivity contribution in [3.05, 3.63) is 27.9 Å². The molecule has 0 unspecified atom stereocenters. The number of carbonyl (C=O) groups excluding carboxylic acids is 1. The van der Waals surface area contributed by atoms with Crippen LogP contribution in [0.4, 0.5) is 0 Å². The van der Waals surface area contributed by atoms with Gasteiger partial charge in [0.05, 0.1) is 12.2 Å². The minimum absolute atomic E-state index is 0.105. The lowest BCUT2D eigenvalue weighted by atomic mass is 9.75. The van der Waals surface area contributed by atoms with Crippen LogP contribution in [-0.2, 0) is 17.8 Å². The highest BCUT2D eigenvalue weighted by molar-refractivity contribution is 5.78. The Bertz CT molecular complexity index is 817. The van der Waals surface area contributed by atoms with E-state index in [1.165, 1.54) is 6.42 Å². The predicted octanol–water partition coefficient (Wildman–Crippen LogP) is 3.04. The van der Waals surface area contributed by atoms with Crippen LogP contribution >= 0.6 is 0 Å². The first kappa shape index (κ1) is 21.5. The molecule has 1 atom stereocenters. The Labute approximate surface area is 180 Å². The van der Waals surface area contributed by atoms with Gasteiger partial charge in [-0.05, 0) is 50.0 Å². The lowest BCUT2D eigenvalue weighted by Crippen LogP contribution is -2.45. The van der Waals surface area contributed by atoms with Gasteiger partial charge in [0.1, 0.15) is 5.82 Å². The van der Waals surface area contributed by atoms with E-state index in [0.717, 1.165) is 82.8 Å². The largest absolute Gasteiger partial charge is 0.342 e. The van der Waals surface area contributed by atoms with Crippen molar-refractivity contribution in [2.45, 2.75) is 78.2 Å². The van der Waals surface area contributed by atoms with Crippen molar-refractivity contribution in [3.8, 4) is 0 Å². The Morgan fingerprint density at radius 2 is 1.83 bits per heavy atom. The summed E-state index contributed by atoms with van der Waals surface area (Å²) in [6.45, 7) is 11.8. The maximum atomic E-state index is 12.9. The van der Waals surface area contributed by atoms with Gasteiger partial charge in [0, 0.05) is 44.6 Å². The van der Waals surface area contributed by atoms with E-state index >= 15 is 0 Å². The fraction of sp³-hybridized carbons (Fsp3) is 0.792. The number of hydrogen-bond donors (Lipinski definition) is 0. The Kier molecular flexibility index (Phi) is 6.33. The Hall–Kier alpha value is -1.69. The van der Waals surface area contributed by atoms with E-state index in [4.69, 9.17) is 4.98 Å². The van der Waals surface area contributed by atoms with Crippen LogP contribution in [0.15, 0.2) is 10.9 Å². The zero-order chi connectivity index (χ0) is 21.3. The fourth-order valence-corrected chi connectivity index (χ4v) is 5.45. The minimum atomic E-state index is 0.105. The van der Waals surface area contributed by atoms with Crippen molar-refractivity contribution >= 4 is 5.91 Å². The summed E-state index contributed by atoms with van der Waals surface area (Å²) in [6, 6.07) is 1.75. The second-order valence-electron chi connectivity index (χ2n) is 10.6. The molecule has 30 heavy (non-hydrogen) atoms. The maximum Gasteiger partial charge on any atom is 0.253 e. The second-order valence-corrected chi connectivity index (χ2v) is 10.6. The van der Waals surface area contributed by atoms with Gasteiger partial charge in [0.15, 0.2) is 0 Å². The summed E-state index contributed by atoms with van der Waals surface area (Å²) >= 11 is 0. The zero-order valence-corrected chi connectivity index (χ0v) is 19.0. The molecule has 2 fully saturated rings. The molecule has 3 aliphatic heterocycles. The first-order valence-corrected chi connectivity index (χ1v) is 11.9. The van der Waals surface area contributed by atoms with Crippen LogP contribution in [0.3, 0.4) is 0 Å². The number of piperidine rings is 1. The summed E-state index contributed by atoms with van der Waals surface area (Å²) in [4.78, 5) is 34.7. The van der Waals surface area contributed by atoms with Gasteiger partial charge in [0.25, 0.3) is 5.56 Å². The van der Waals surface area contributed by atoms with Crippen molar-refractivity contribution < 1.29 is 4.79 Å². The van der Waals surface area contributed by atoms with Gasteiger partial charge in [-0.1, -0.05) is 27.2 Å². The van der Waals surface area contributed by atoms with E-state index < -0.39 is 0 Å². The van der Waals surface area contributed by atoms with Crippen molar-refractivity contribution in [1.29, 1.82) is 0 Å². The number of likely N-dealkylation sites (tertiary alicyclic amines) is 2. The SMILES string of the molecule is CC(C)(C)C1CCN(C(=O)CN2CC[C@@H](c3cc(=O)n4c(n3)CCCCC4)C2)CC1. The van der Waals surface area contributed by atoms with Gasteiger partial charge in [-0.3, -0.25) is 19.1 Å². The van der Waals surface area contributed by atoms with Crippen LogP contribution in [0.25, 0.3) is 0 Å². The summed E-state index contributed by atoms with van der Waals surface area (Å²) in [5, 5.41) is 0. The van der Waals surface area contributed by atoms with E-state index in [1.54, 1.807) is 6.07 Å². The number of rotatable bonds is 3. The van der Waals surface area contributed by atoms with Crippen LogP contribution in [-0.4, -0.2) is 58.0 Å². The molecule has 0 aliphatic carbocycles. The third kappa shape index (κ3) is 4.79. The normalized spacial score (nSPS) is 24.0. The van der Waals surface area contributed by atoms with Gasteiger partial charge >= 0.3 is 0 Å². The number of carbonyl (C=O) groups is 1. The lowest BCUT2D eigenvalue weighted by Gasteiger charge is -2.39. The second kappa shape index (κ2) is 8.81. The highest BCUT2D eigenvalue weighted by Crippen LogP contribution is 2.34. The average Bonchev–Trinajstić information content (AvgIpc) is 3.03. The average molecular weight is 415 g/mol. The predicted molar refractivity (Wildman–Crippen MR) is 119 cm³/mol. The number of hydrogen-bond acceptors (Lipinski definition) is 4. The number of aryl methyl sites for hydroxylation is 1. The molecular formula is C24H38N4O2. The van der Waals surface area contributed by atoms with Gasteiger partial charge in [-0.25, -0.2) is 4.98 Å². The number of aromatic nitrogens is 2. The molecule has 1 aromatic rings. The summed E-state index contributed by atoms with van der Waals surface area (Å²) in [7, 11) is 0. The third-order valence-corrected chi connectivity index (χ3v) is 7.51. The molecule has 6 heteroatoms. The fourth-order valence-electron chi connectivity index (χ4n) is 5.45. The van der Waals surface area contributed by atoms with Crippen molar-refractivity contribution in [2.75, 3.05) is 32.7 Å². The number of nitrogens with zero attached hydrogens (tertiary/aromatic N) is 4. The highest BCUT2D eigenvalue weighted by Gasteiger charge is 2.32. The summed E-state index contributed by atoms with van der Waals surface area (Å²) in [6.07, 6.45) is 7.47. The number of amides is 1. The molecule has 0 spiro atoms. The van der Waals surface area contributed by atoms with Crippen molar-refractivity contribution in [1.82, 2.24) is 19.4 Å². The Morgan fingerprint density at radius 1 is 1.07 bits per heavy atom. The Morgan fingerprint density at radius 3 is 2.57 bits per heavy atom. The molecule has 0 N–H and O–H groups in total. The van der Waals surface area contributed by atoms with Gasteiger partial charge in [-0.15, -0.1) is 0 Å². The molecule has 4 rings (SSSR count). The molecule has 4 heterocycles. The van der Waals surface area contributed by atoms with Crippen LogP contribution in [0.1, 0.15) is 76.7 Å². The van der Waals surface area contributed by atoms with E-state index in [9.17, 15) is 9.59 Å². The monoisotopic (exact) mass is 414 g/mol. The quantitative estimate of drug-likeness (QED) is 0.763. The first-order chi connectivity index (χ1) is 14.3. The topological polar surface area (TPSA) is 58.4 Å². The zero-order valence-electron chi connectivity index (χ0n) is 19.0. The van der Waals surface area contributed by atoms with Crippen LogP contribution in [0.2, 0.25) is 0 Å². The first-order valence-electron chi connectivity index (χ1n) is 11.9. The van der Waals surface area contributed by atoms with Crippen LogP contribution in [0.5, 0.6) is 0 Å². The van der Waals surface area contributed by atoms with Crippen molar-refractivity contribution in [2.24, 2.45) is 11.3 Å². The summed E-state index contributed by atoms with van der Waals surface area (Å²) in [5.41, 5.74) is 1.37. The minimum Gasteiger partial charge on any atom is -0.342 e. The van der Waals surface area contributed by atoms with E-state index in [-0.39, 0.29) is 17.4 Å². The van der Waals surface area contributed by atoms with Gasteiger partial charge in [-0.2, -0.15) is 0 Å². The number of fused-ring (bicyclic) bond motifs is 1. The molecule has 3 aliphatic rings. The van der Waals surface area contributed by atoms with Gasteiger partial charge in [0.2, 0.25) is 5.91 Å². The van der Waals surface area contributed by atoms with Crippen LogP contribution < -0.4 is 5.56 Å². The molecule has 0 aromatic carbocycles. The Balaban J connectivity index is 1.33. The molecule has 2 saturated heterocycles. The lowest BCUT2D eigenvalue weighted by molar-refractivity contribution is -0.134. The maximum absolute atomic E-state index is 12.9. The van der Waals surface area contributed by atoms with Crippen LogP contribution in [0, 0.1) is 11.3 Å². The molecule has 0 saturated carbocycles. The molecule has 0 radical (unpaired) electrons. The van der Waals surface area contributed by atoms with Gasteiger partial charge < -0.3 is 4.90 Å². The molecule has 0 bridgehead atoms.